The van der Waals surface area contributed by atoms with Gasteiger partial charge in [0.2, 0.25) is 0 Å². The normalized spacial score (nSPS) is 16.2. The molecule has 0 aliphatic carbocycles. The number of aromatic amines is 2. The van der Waals surface area contributed by atoms with Crippen molar-refractivity contribution >= 4 is 23.1 Å². The van der Waals surface area contributed by atoms with Gasteiger partial charge in [-0.05, 0) is 68.6 Å². The van der Waals surface area contributed by atoms with Crippen molar-refractivity contribution < 1.29 is 4.39 Å². The number of nitrogens with one attached hydrogen (secondary N) is 3. The predicted octanol–water partition coefficient (Wildman–Crippen LogP) is 4.50. The number of fused-ring (bicyclic) bond motifs is 1. The van der Waals surface area contributed by atoms with Gasteiger partial charge in [-0.15, -0.1) is 0 Å². The smallest absolute Gasteiger partial charge is 0.131 e. The monoisotopic (exact) mass is 426 g/mol. The van der Waals surface area contributed by atoms with Crippen LogP contribution in [0.5, 0.6) is 0 Å². The lowest BCUT2D eigenvalue weighted by atomic mass is 9.90. The quantitative estimate of drug-likeness (QED) is 0.450. The summed E-state index contributed by atoms with van der Waals surface area (Å²) in [6.45, 7) is 8.44. The third kappa shape index (κ3) is 3.69. The Morgan fingerprint density at radius 3 is 2.66 bits per heavy atom. The van der Waals surface area contributed by atoms with E-state index in [1.54, 1.807) is 6.07 Å². The van der Waals surface area contributed by atoms with Crippen LogP contribution in [0.2, 0.25) is 0 Å². The number of hydrogen-bond acceptors (Lipinski definition) is 2. The largest absolute Gasteiger partial charge is 0.353 e. The van der Waals surface area contributed by atoms with E-state index < -0.39 is 0 Å². The molecule has 0 spiro atoms. The van der Waals surface area contributed by atoms with Gasteiger partial charge in [-0.2, -0.15) is 5.10 Å². The zero-order chi connectivity index (χ0) is 22.1. The maximum atomic E-state index is 14.5. The van der Waals surface area contributed by atoms with Gasteiger partial charge in [0.25, 0.3) is 0 Å². The molecule has 0 bridgehead atoms. The maximum absolute atomic E-state index is 14.5. The average molecular weight is 427 g/mol. The summed E-state index contributed by atoms with van der Waals surface area (Å²) in [6, 6.07) is 14.9. The van der Waals surface area contributed by atoms with E-state index in [-0.39, 0.29) is 5.82 Å². The molecule has 5 heteroatoms. The van der Waals surface area contributed by atoms with E-state index in [1.165, 1.54) is 6.07 Å². The summed E-state index contributed by atoms with van der Waals surface area (Å²) in [5.41, 5.74) is 5.31. The lowest BCUT2D eigenvalue weighted by Gasteiger charge is -2.22. The topological polar surface area (TPSA) is 56.5 Å². The van der Waals surface area contributed by atoms with Gasteiger partial charge in [-0.1, -0.05) is 48.6 Å². The summed E-state index contributed by atoms with van der Waals surface area (Å²) in [5, 5.41) is 14.2. The molecular formula is C27H27FN4. The highest BCUT2D eigenvalue weighted by atomic mass is 19.1. The molecule has 32 heavy (non-hydrogen) atoms. The van der Waals surface area contributed by atoms with Crippen LogP contribution in [0.15, 0.2) is 60.7 Å². The molecular weight excluding hydrogens is 399 g/mol. The van der Waals surface area contributed by atoms with Crippen LogP contribution in [0.1, 0.15) is 19.8 Å². The fourth-order valence-electron chi connectivity index (χ4n) is 4.63. The number of H-pyrrole nitrogens is 2. The van der Waals surface area contributed by atoms with Gasteiger partial charge in [-0.25, -0.2) is 4.39 Å². The fourth-order valence-corrected chi connectivity index (χ4v) is 4.63. The molecule has 1 aliphatic rings. The highest BCUT2D eigenvalue weighted by Crippen LogP contribution is 2.32. The van der Waals surface area contributed by atoms with Crippen molar-refractivity contribution in [3.8, 4) is 22.5 Å². The molecule has 2 aromatic heterocycles. The molecule has 1 aliphatic heterocycles. The van der Waals surface area contributed by atoms with Crippen LogP contribution >= 0.6 is 0 Å². The molecule has 0 unspecified atom stereocenters. The first-order chi connectivity index (χ1) is 15.7. The van der Waals surface area contributed by atoms with E-state index in [2.05, 4.69) is 39.2 Å². The Morgan fingerprint density at radius 2 is 1.88 bits per heavy atom. The van der Waals surface area contributed by atoms with Gasteiger partial charge in [0, 0.05) is 21.7 Å². The highest BCUT2D eigenvalue weighted by Gasteiger charge is 2.17. The second-order valence-corrected chi connectivity index (χ2v) is 8.36. The lowest BCUT2D eigenvalue weighted by Crippen LogP contribution is -2.29. The minimum atomic E-state index is -0.224. The van der Waals surface area contributed by atoms with Crippen molar-refractivity contribution in [1.82, 2.24) is 20.5 Å². The van der Waals surface area contributed by atoms with Crippen LogP contribution < -0.4 is 15.9 Å². The van der Waals surface area contributed by atoms with Crippen molar-refractivity contribution in [2.75, 3.05) is 13.1 Å². The molecule has 3 N–H and O–H groups in total. The van der Waals surface area contributed by atoms with E-state index in [0.29, 0.717) is 11.5 Å². The van der Waals surface area contributed by atoms with E-state index in [4.69, 9.17) is 0 Å². The summed E-state index contributed by atoms with van der Waals surface area (Å²) in [7, 11) is 0. The minimum Gasteiger partial charge on any atom is -0.353 e. The molecule has 0 amide bonds. The molecule has 3 heterocycles. The Hall–Kier alpha value is -3.44. The minimum absolute atomic E-state index is 0.224. The van der Waals surface area contributed by atoms with E-state index in [0.717, 1.165) is 69.9 Å². The second kappa shape index (κ2) is 8.60. The molecule has 2 aromatic carbocycles. The molecule has 0 atom stereocenters. The van der Waals surface area contributed by atoms with Gasteiger partial charge >= 0.3 is 0 Å². The number of piperidine rings is 1. The van der Waals surface area contributed by atoms with Gasteiger partial charge in [0.1, 0.15) is 11.5 Å². The Kier molecular flexibility index (Phi) is 5.50. The van der Waals surface area contributed by atoms with Crippen molar-refractivity contribution in [3.63, 3.8) is 0 Å². The molecule has 1 saturated heterocycles. The number of hydrogen-bond donors (Lipinski definition) is 3. The van der Waals surface area contributed by atoms with Crippen LogP contribution in [-0.2, 0) is 0 Å². The zero-order valence-corrected chi connectivity index (χ0v) is 18.2. The van der Waals surface area contributed by atoms with Crippen molar-refractivity contribution in [2.45, 2.75) is 19.8 Å². The molecule has 4 aromatic rings. The summed E-state index contributed by atoms with van der Waals surface area (Å²) in [5.74, 6) is 0.261. The molecule has 5 rings (SSSR count). The van der Waals surface area contributed by atoms with Crippen LogP contribution in [0.3, 0.4) is 0 Å². The average Bonchev–Trinajstić information content (AvgIpc) is 3.43. The second-order valence-electron chi connectivity index (χ2n) is 8.36. The lowest BCUT2D eigenvalue weighted by molar-refractivity contribution is 0.428. The molecule has 4 nitrogen and oxygen atoms in total. The SMILES string of the molecule is C=C(/C=c1/c(-c2cc3c(-c4ccccc4F)cccc3[nH]2)n[nH]/c1=C/C)C1CCNCC1. The van der Waals surface area contributed by atoms with Gasteiger partial charge in [-0.3, -0.25) is 5.10 Å². The van der Waals surface area contributed by atoms with E-state index in [1.807, 2.05) is 43.3 Å². The number of aromatic nitrogens is 3. The molecule has 0 radical (unpaired) electrons. The van der Waals surface area contributed by atoms with Crippen LogP contribution in [-0.4, -0.2) is 28.3 Å². The highest BCUT2D eigenvalue weighted by molar-refractivity contribution is 5.98. The molecule has 1 fully saturated rings. The number of nitrogens with zero attached hydrogens (tertiary/aromatic N) is 1. The maximum Gasteiger partial charge on any atom is 0.131 e. The standard InChI is InChI=1S/C27H27FN4/c1-3-24-22(15-17(2)18-11-13-29-14-12-18)27(32-31-24)26-16-21-19(8-6-10-25(21)30-26)20-7-4-5-9-23(20)28/h3-10,15-16,18,29-31H,2,11-14H2,1H3/b22-15+,24-3+. The van der Waals surface area contributed by atoms with E-state index >= 15 is 0 Å². The van der Waals surface area contributed by atoms with Gasteiger partial charge < -0.3 is 10.3 Å². The van der Waals surface area contributed by atoms with E-state index in [9.17, 15) is 4.39 Å². The summed E-state index contributed by atoms with van der Waals surface area (Å²) >= 11 is 0. The third-order valence-corrected chi connectivity index (χ3v) is 6.40. The van der Waals surface area contributed by atoms with Gasteiger partial charge in [0.05, 0.1) is 11.0 Å². The summed E-state index contributed by atoms with van der Waals surface area (Å²) < 4.78 is 14.5. The van der Waals surface area contributed by atoms with Gasteiger partial charge in [0.15, 0.2) is 0 Å². The van der Waals surface area contributed by atoms with Crippen LogP contribution in [0.25, 0.3) is 45.6 Å². The Labute approximate surface area is 186 Å². The first-order valence-electron chi connectivity index (χ1n) is 11.1. The summed E-state index contributed by atoms with van der Waals surface area (Å²) in [4.78, 5) is 3.49. The Bertz CT molecular complexity index is 1400. The van der Waals surface area contributed by atoms with Crippen molar-refractivity contribution in [1.29, 1.82) is 0 Å². The molecule has 0 saturated carbocycles. The van der Waals surface area contributed by atoms with Crippen molar-refractivity contribution in [3.05, 3.63) is 77.1 Å². The molecule has 162 valence electrons. The summed E-state index contributed by atoms with van der Waals surface area (Å²) in [6.07, 6.45) is 6.41. The third-order valence-electron chi connectivity index (χ3n) is 6.40. The fraction of sp³-hybridized carbons (Fsp3) is 0.222. The number of halogens is 1. The number of allylic oxidation sites excluding steroid dienone is 1. The number of benzene rings is 2. The van der Waals surface area contributed by atoms with Crippen LogP contribution in [0, 0.1) is 11.7 Å². The first kappa shape index (κ1) is 20.5. The van der Waals surface area contributed by atoms with Crippen LogP contribution in [0.4, 0.5) is 4.39 Å². The number of rotatable bonds is 4. The first-order valence-corrected chi connectivity index (χ1v) is 11.1. The predicted molar refractivity (Wildman–Crippen MR) is 130 cm³/mol. The zero-order valence-electron chi connectivity index (χ0n) is 18.2. The Balaban J connectivity index is 1.63. The van der Waals surface area contributed by atoms with Crippen molar-refractivity contribution in [2.24, 2.45) is 5.92 Å². The Morgan fingerprint density at radius 1 is 1.09 bits per heavy atom.